The molecule has 0 atom stereocenters. The van der Waals surface area contributed by atoms with Gasteiger partial charge in [0.05, 0.1) is 17.7 Å². The zero-order valence-corrected chi connectivity index (χ0v) is 17.3. The number of alkyl halides is 6. The van der Waals surface area contributed by atoms with Crippen LogP contribution < -0.4 is 0 Å². The van der Waals surface area contributed by atoms with Gasteiger partial charge >= 0.3 is 12.4 Å². The highest BCUT2D eigenvalue weighted by Crippen LogP contribution is 2.38. The van der Waals surface area contributed by atoms with E-state index in [2.05, 4.69) is 20.4 Å². The van der Waals surface area contributed by atoms with E-state index in [1.54, 1.807) is 30.3 Å². The maximum absolute atomic E-state index is 13.2. The Kier molecular flexibility index (Phi) is 5.71. The van der Waals surface area contributed by atoms with Crippen LogP contribution in [-0.4, -0.2) is 35.5 Å². The average Bonchev–Trinajstić information content (AvgIpc) is 3.40. The molecule has 0 saturated carbocycles. The second-order valence-corrected chi connectivity index (χ2v) is 7.27. The summed E-state index contributed by atoms with van der Waals surface area (Å²) in [6, 6.07) is 10.1. The van der Waals surface area contributed by atoms with Crippen molar-refractivity contribution in [1.29, 1.82) is 0 Å². The van der Waals surface area contributed by atoms with Crippen LogP contribution in [0, 0.1) is 0 Å². The molecule has 4 rings (SSSR count). The molecule has 2 heterocycles. The van der Waals surface area contributed by atoms with E-state index in [1.807, 2.05) is 0 Å². The Morgan fingerprint density at radius 1 is 0.941 bits per heavy atom. The number of hydrogen-bond donors (Lipinski definition) is 0. The van der Waals surface area contributed by atoms with Crippen molar-refractivity contribution in [3.05, 3.63) is 77.2 Å². The number of nitrogens with zero attached hydrogens (tertiary/aromatic N) is 6. The van der Waals surface area contributed by atoms with Crippen molar-refractivity contribution in [2.45, 2.75) is 25.8 Å². The average molecular weight is 480 g/mol. The molecule has 0 aliphatic heterocycles. The Bertz CT molecular complexity index is 1310. The molecule has 0 amide bonds. The molecule has 0 N–H and O–H groups in total. The molecule has 0 saturated heterocycles. The van der Waals surface area contributed by atoms with Crippen LogP contribution in [0.5, 0.6) is 0 Å². The van der Waals surface area contributed by atoms with Gasteiger partial charge < -0.3 is 0 Å². The van der Waals surface area contributed by atoms with E-state index in [0.717, 1.165) is 16.6 Å². The number of carbonyl (C=O) groups is 1. The number of halogens is 6. The third-order valence-corrected chi connectivity index (χ3v) is 4.77. The van der Waals surface area contributed by atoms with Gasteiger partial charge in [0.2, 0.25) is 0 Å². The third kappa shape index (κ3) is 4.67. The highest BCUT2D eigenvalue weighted by Gasteiger charge is 2.37. The zero-order valence-electron chi connectivity index (χ0n) is 17.3. The maximum atomic E-state index is 13.2. The van der Waals surface area contributed by atoms with E-state index >= 15 is 0 Å². The number of rotatable bonds is 5. The lowest BCUT2D eigenvalue weighted by Gasteiger charge is -2.13. The van der Waals surface area contributed by atoms with Crippen LogP contribution in [0.2, 0.25) is 0 Å². The van der Waals surface area contributed by atoms with E-state index < -0.39 is 40.7 Å². The lowest BCUT2D eigenvalue weighted by molar-refractivity contribution is -0.143. The van der Waals surface area contributed by atoms with Gasteiger partial charge in [-0.1, -0.05) is 35.5 Å². The molecule has 0 radical (unpaired) electrons. The maximum Gasteiger partial charge on any atom is 0.416 e. The standard InChI is InChI=1S/C21H14F6N6O/c1-12(34)17-19(32(31-29-17)10-13-5-3-2-4-6-13)33-11-28-18(30-33)14-7-15(20(22,23)24)9-16(8-14)21(25,26)27/h2-9,11H,10H2,1H3. The van der Waals surface area contributed by atoms with E-state index in [9.17, 15) is 31.1 Å². The molecule has 2 aromatic carbocycles. The molecule has 0 aliphatic rings. The second kappa shape index (κ2) is 8.39. The topological polar surface area (TPSA) is 78.5 Å². The Morgan fingerprint density at radius 3 is 2.12 bits per heavy atom. The van der Waals surface area contributed by atoms with Crippen molar-refractivity contribution in [2.75, 3.05) is 0 Å². The zero-order chi connectivity index (χ0) is 24.7. The number of aromatic nitrogens is 6. The van der Waals surface area contributed by atoms with Crippen molar-refractivity contribution >= 4 is 5.78 Å². The first-order valence-corrected chi connectivity index (χ1v) is 9.63. The molecule has 4 aromatic rings. The van der Waals surface area contributed by atoms with Gasteiger partial charge in [0.25, 0.3) is 0 Å². The van der Waals surface area contributed by atoms with Gasteiger partial charge in [-0.05, 0) is 23.8 Å². The lowest BCUT2D eigenvalue weighted by atomic mass is 10.0. The normalized spacial score (nSPS) is 12.2. The molecule has 7 nitrogen and oxygen atoms in total. The van der Waals surface area contributed by atoms with E-state index in [-0.39, 0.29) is 24.1 Å². The minimum Gasteiger partial charge on any atom is -0.293 e. The summed E-state index contributed by atoms with van der Waals surface area (Å²) < 4.78 is 81.6. The summed E-state index contributed by atoms with van der Waals surface area (Å²) >= 11 is 0. The van der Waals surface area contributed by atoms with E-state index in [4.69, 9.17) is 0 Å². The summed E-state index contributed by atoms with van der Waals surface area (Å²) in [7, 11) is 0. The molecule has 0 spiro atoms. The summed E-state index contributed by atoms with van der Waals surface area (Å²) in [6.07, 6.45) is -8.97. The highest BCUT2D eigenvalue weighted by atomic mass is 19.4. The quantitative estimate of drug-likeness (QED) is 0.303. The number of hydrogen-bond acceptors (Lipinski definition) is 5. The largest absolute Gasteiger partial charge is 0.416 e. The number of carbonyl (C=O) groups excluding carboxylic acids is 1. The predicted octanol–water partition coefficient (Wildman–Crippen LogP) is 4.81. The van der Waals surface area contributed by atoms with Gasteiger partial charge in [0.15, 0.2) is 23.1 Å². The van der Waals surface area contributed by atoms with Crippen molar-refractivity contribution in [3.63, 3.8) is 0 Å². The Hall–Kier alpha value is -4.03. The summed E-state index contributed by atoms with van der Waals surface area (Å²) in [5.74, 6) is -0.804. The van der Waals surface area contributed by atoms with Gasteiger partial charge in [0.1, 0.15) is 6.33 Å². The molecule has 0 fully saturated rings. The second-order valence-electron chi connectivity index (χ2n) is 7.27. The molecular formula is C21H14F6N6O. The first kappa shape index (κ1) is 23.1. The van der Waals surface area contributed by atoms with Gasteiger partial charge in [-0.2, -0.15) is 31.0 Å². The molecule has 0 bridgehead atoms. The number of ketones is 1. The van der Waals surface area contributed by atoms with E-state index in [0.29, 0.717) is 12.1 Å². The summed E-state index contributed by atoms with van der Waals surface area (Å²) in [5.41, 5.74) is -2.76. The summed E-state index contributed by atoms with van der Waals surface area (Å²) in [4.78, 5) is 15.9. The highest BCUT2D eigenvalue weighted by molar-refractivity contribution is 5.94. The Labute approximate surface area is 187 Å². The van der Waals surface area contributed by atoms with Crippen LogP contribution in [0.15, 0.2) is 54.9 Å². The summed E-state index contributed by atoms with van der Waals surface area (Å²) in [5, 5.41) is 11.8. The van der Waals surface area contributed by atoms with Crippen LogP contribution in [0.25, 0.3) is 17.2 Å². The van der Waals surface area contributed by atoms with E-state index in [1.165, 1.54) is 11.6 Å². The van der Waals surface area contributed by atoms with Crippen LogP contribution in [0.3, 0.4) is 0 Å². The van der Waals surface area contributed by atoms with Crippen LogP contribution >= 0.6 is 0 Å². The first-order valence-electron chi connectivity index (χ1n) is 9.63. The Balaban J connectivity index is 1.81. The van der Waals surface area contributed by atoms with Gasteiger partial charge in [0, 0.05) is 12.5 Å². The molecule has 0 unspecified atom stereocenters. The van der Waals surface area contributed by atoms with Gasteiger partial charge in [-0.15, -0.1) is 10.2 Å². The minimum absolute atomic E-state index is 0.0210. The molecular weight excluding hydrogens is 466 g/mol. The van der Waals surface area contributed by atoms with Crippen molar-refractivity contribution in [2.24, 2.45) is 0 Å². The molecule has 2 aromatic heterocycles. The minimum atomic E-state index is -5.02. The molecule has 13 heteroatoms. The van der Waals surface area contributed by atoms with Crippen LogP contribution in [0.1, 0.15) is 34.1 Å². The fourth-order valence-electron chi connectivity index (χ4n) is 3.21. The fraction of sp³-hybridized carbons (Fsp3) is 0.190. The smallest absolute Gasteiger partial charge is 0.293 e. The molecule has 0 aliphatic carbocycles. The van der Waals surface area contributed by atoms with Crippen molar-refractivity contribution < 1.29 is 31.1 Å². The third-order valence-electron chi connectivity index (χ3n) is 4.77. The van der Waals surface area contributed by atoms with Gasteiger partial charge in [-0.25, -0.2) is 9.67 Å². The molecule has 176 valence electrons. The lowest BCUT2D eigenvalue weighted by Crippen LogP contribution is -2.12. The number of Topliss-reactive ketones (excluding diaryl/α,β-unsaturated/α-hetero) is 1. The fourth-order valence-corrected chi connectivity index (χ4v) is 3.21. The first-order chi connectivity index (χ1) is 15.9. The van der Waals surface area contributed by atoms with Crippen LogP contribution in [-0.2, 0) is 18.9 Å². The van der Waals surface area contributed by atoms with Crippen LogP contribution in [0.4, 0.5) is 26.3 Å². The Morgan fingerprint density at radius 2 is 1.56 bits per heavy atom. The predicted molar refractivity (Wildman–Crippen MR) is 106 cm³/mol. The van der Waals surface area contributed by atoms with Crippen molar-refractivity contribution in [1.82, 2.24) is 29.8 Å². The summed E-state index contributed by atoms with van der Waals surface area (Å²) in [6.45, 7) is 1.41. The van der Waals surface area contributed by atoms with Crippen molar-refractivity contribution in [3.8, 4) is 17.2 Å². The molecule has 34 heavy (non-hydrogen) atoms. The van der Waals surface area contributed by atoms with Gasteiger partial charge in [-0.3, -0.25) is 4.79 Å². The monoisotopic (exact) mass is 480 g/mol. The SMILES string of the molecule is CC(=O)c1nnn(Cc2ccccc2)c1-n1cnc(-c2cc(C(F)(F)F)cc(C(F)(F)F)c2)n1. The number of benzene rings is 2.